The zero-order valence-electron chi connectivity index (χ0n) is 40.2. The molecule has 0 bridgehead atoms. The van der Waals surface area contributed by atoms with Gasteiger partial charge >= 0.3 is 0 Å². The second-order valence-electron chi connectivity index (χ2n) is 18.8. The van der Waals surface area contributed by atoms with Crippen LogP contribution in [0.2, 0.25) is 0 Å². The first-order valence-electron chi connectivity index (χ1n) is 25.1. The van der Waals surface area contributed by atoms with E-state index in [1.54, 1.807) is 0 Å². The van der Waals surface area contributed by atoms with Crippen LogP contribution in [-0.4, -0.2) is 24.1 Å². The molecule has 0 unspecified atom stereocenters. The summed E-state index contributed by atoms with van der Waals surface area (Å²) >= 11 is 0. The molecule has 14 aromatic rings. The highest BCUT2D eigenvalue weighted by Crippen LogP contribution is 2.43. The average molecular weight is 944 g/mol. The molecule has 0 fully saturated rings. The molecule has 11 aromatic carbocycles. The number of benzene rings is 11. The summed E-state index contributed by atoms with van der Waals surface area (Å²) in [6.07, 6.45) is 0. The maximum absolute atomic E-state index is 5.43. The van der Waals surface area contributed by atoms with Crippen LogP contribution in [0.3, 0.4) is 0 Å². The summed E-state index contributed by atoms with van der Waals surface area (Å²) in [6, 6.07) is 97.4. The third-order valence-corrected chi connectivity index (χ3v) is 14.4. The smallest absolute Gasteiger partial charge is 0.166 e. The summed E-state index contributed by atoms with van der Waals surface area (Å²) in [6.45, 7) is 0. The van der Waals surface area contributed by atoms with E-state index in [1.807, 2.05) is 36.4 Å². The van der Waals surface area contributed by atoms with Crippen LogP contribution in [0.25, 0.3) is 134 Å². The molecule has 0 radical (unpaired) electrons. The molecule has 0 saturated heterocycles. The van der Waals surface area contributed by atoms with Crippen LogP contribution < -0.4 is 0 Å². The summed E-state index contributed by atoms with van der Waals surface area (Å²) in [4.78, 5) is 16.0. The van der Waals surface area contributed by atoms with E-state index in [4.69, 9.17) is 15.0 Å². The topological polar surface area (TPSA) is 48.5 Å². The number of hydrogen-bond acceptors (Lipinski definition) is 3. The van der Waals surface area contributed by atoms with Crippen molar-refractivity contribution >= 4 is 43.6 Å². The number of hydrogen-bond donors (Lipinski definition) is 0. The minimum atomic E-state index is 0.574. The average Bonchev–Trinajstić information content (AvgIpc) is 4.03. The van der Waals surface area contributed by atoms with E-state index in [0.717, 1.165) is 72.0 Å². The van der Waals surface area contributed by atoms with E-state index in [9.17, 15) is 0 Å². The summed E-state index contributed by atoms with van der Waals surface area (Å²) < 4.78 is 4.81. The second kappa shape index (κ2) is 18.0. The molecule has 0 saturated carbocycles. The minimum Gasteiger partial charge on any atom is -0.309 e. The van der Waals surface area contributed by atoms with Crippen LogP contribution in [0.5, 0.6) is 0 Å². The SMILES string of the molecule is c1ccc(-c2ccc3c(c2)c2cc(-c4ccccc4)ccc2n3-c2ccc(-n3c4ccc(-c5ccccc5)cc4c4cc(-c5ccccc5)ccc43)c(-c3nc(-c4ccccc4)nc(-c4ccccc4)n3)c2)cc1. The Hall–Kier alpha value is -9.97. The Morgan fingerprint density at radius 2 is 0.514 bits per heavy atom. The van der Waals surface area contributed by atoms with Gasteiger partial charge in [-0.25, -0.2) is 15.0 Å². The summed E-state index contributed by atoms with van der Waals surface area (Å²) in [5.74, 6) is 1.78. The molecule has 3 heterocycles. The predicted octanol–water partition coefficient (Wildman–Crippen LogP) is 17.7. The van der Waals surface area contributed by atoms with E-state index in [0.29, 0.717) is 17.5 Å². The van der Waals surface area contributed by atoms with Crippen molar-refractivity contribution in [3.8, 4) is 90.0 Å². The molecule has 3 aromatic heterocycles. The number of aromatic nitrogens is 5. The van der Waals surface area contributed by atoms with E-state index < -0.39 is 0 Å². The fourth-order valence-corrected chi connectivity index (χ4v) is 10.8. The van der Waals surface area contributed by atoms with E-state index in [2.05, 4.69) is 246 Å². The molecular weight excluding hydrogens is 899 g/mol. The first-order chi connectivity index (χ1) is 36.7. The zero-order valence-corrected chi connectivity index (χ0v) is 40.2. The molecular formula is C69H45N5. The number of rotatable bonds is 9. The zero-order chi connectivity index (χ0) is 49.0. The molecule has 0 atom stereocenters. The Labute approximate surface area is 428 Å². The van der Waals surface area contributed by atoms with Crippen LogP contribution in [-0.2, 0) is 0 Å². The van der Waals surface area contributed by atoms with Crippen LogP contribution >= 0.6 is 0 Å². The summed E-state index contributed by atoms with van der Waals surface area (Å²) in [7, 11) is 0. The van der Waals surface area contributed by atoms with Gasteiger partial charge in [0.25, 0.3) is 0 Å². The van der Waals surface area contributed by atoms with Crippen molar-refractivity contribution in [2.45, 2.75) is 0 Å². The van der Waals surface area contributed by atoms with Crippen molar-refractivity contribution in [1.82, 2.24) is 24.1 Å². The van der Waals surface area contributed by atoms with E-state index >= 15 is 0 Å². The van der Waals surface area contributed by atoms with Gasteiger partial charge in [0.15, 0.2) is 17.5 Å². The third-order valence-electron chi connectivity index (χ3n) is 14.4. The minimum absolute atomic E-state index is 0.574. The molecule has 0 spiro atoms. The molecule has 74 heavy (non-hydrogen) atoms. The van der Waals surface area contributed by atoms with Gasteiger partial charge in [-0.1, -0.05) is 206 Å². The molecule has 346 valence electrons. The lowest BCUT2D eigenvalue weighted by Crippen LogP contribution is -2.05. The standard InChI is InChI=1S/C69H45N5/c1-7-19-46(20-8-1)52-31-36-62-57(41-52)58-42-53(47-21-9-2-10-22-47)32-37-63(58)73(62)56-35-40-66(61(45-56)69-71-67(50-27-15-5-16-28-50)70-68(72-69)51-29-17-6-18-30-51)74-64-38-33-54(48-23-11-3-12-24-48)43-59(64)60-44-55(34-39-65(60)74)49-25-13-4-14-26-49/h1-45H. The van der Waals surface area contributed by atoms with Crippen LogP contribution in [0.4, 0.5) is 0 Å². The van der Waals surface area contributed by atoms with Crippen molar-refractivity contribution < 1.29 is 0 Å². The van der Waals surface area contributed by atoms with Crippen molar-refractivity contribution in [3.63, 3.8) is 0 Å². The predicted molar refractivity (Wildman–Crippen MR) is 307 cm³/mol. The Morgan fingerprint density at radius 3 is 0.851 bits per heavy atom. The Bertz CT molecular complexity index is 4130. The highest BCUT2D eigenvalue weighted by Gasteiger charge is 2.23. The highest BCUT2D eigenvalue weighted by atomic mass is 15.1. The second-order valence-corrected chi connectivity index (χ2v) is 18.8. The quantitative estimate of drug-likeness (QED) is 0.145. The number of fused-ring (bicyclic) bond motifs is 6. The van der Waals surface area contributed by atoms with Crippen LogP contribution in [0.15, 0.2) is 273 Å². The maximum Gasteiger partial charge on any atom is 0.166 e. The van der Waals surface area contributed by atoms with Gasteiger partial charge in [-0.2, -0.15) is 0 Å². The number of nitrogens with zero attached hydrogens (tertiary/aromatic N) is 5. The Balaban J connectivity index is 1.07. The normalized spacial score (nSPS) is 11.5. The van der Waals surface area contributed by atoms with Gasteiger partial charge in [-0.3, -0.25) is 0 Å². The van der Waals surface area contributed by atoms with Crippen molar-refractivity contribution in [1.29, 1.82) is 0 Å². The maximum atomic E-state index is 5.43. The van der Waals surface area contributed by atoms with Gasteiger partial charge < -0.3 is 9.13 Å². The Morgan fingerprint density at radius 1 is 0.216 bits per heavy atom. The van der Waals surface area contributed by atoms with Crippen molar-refractivity contribution in [3.05, 3.63) is 273 Å². The van der Waals surface area contributed by atoms with E-state index in [1.165, 1.54) is 44.2 Å². The monoisotopic (exact) mass is 943 g/mol. The fourth-order valence-electron chi connectivity index (χ4n) is 10.8. The molecule has 0 aliphatic carbocycles. The molecule has 0 aliphatic rings. The molecule has 14 rings (SSSR count). The molecule has 5 heteroatoms. The largest absolute Gasteiger partial charge is 0.309 e. The van der Waals surface area contributed by atoms with Gasteiger partial charge in [0.05, 0.1) is 27.8 Å². The van der Waals surface area contributed by atoms with Crippen molar-refractivity contribution in [2.24, 2.45) is 0 Å². The molecule has 5 nitrogen and oxygen atoms in total. The lowest BCUT2D eigenvalue weighted by molar-refractivity contribution is 1.06. The van der Waals surface area contributed by atoms with Gasteiger partial charge in [-0.05, 0) is 111 Å². The first kappa shape index (κ1) is 42.9. The third kappa shape index (κ3) is 7.54. The Kier molecular flexibility index (Phi) is 10.4. The summed E-state index contributed by atoms with van der Waals surface area (Å²) in [5.41, 5.74) is 18.4. The van der Waals surface area contributed by atoms with Gasteiger partial charge in [0, 0.05) is 43.9 Å². The van der Waals surface area contributed by atoms with Gasteiger partial charge in [0.2, 0.25) is 0 Å². The first-order valence-corrected chi connectivity index (χ1v) is 25.1. The lowest BCUT2D eigenvalue weighted by atomic mass is 10.0. The summed E-state index contributed by atoms with van der Waals surface area (Å²) in [5, 5.41) is 4.66. The van der Waals surface area contributed by atoms with Crippen LogP contribution in [0.1, 0.15) is 0 Å². The van der Waals surface area contributed by atoms with Crippen molar-refractivity contribution in [2.75, 3.05) is 0 Å². The van der Waals surface area contributed by atoms with Gasteiger partial charge in [0.1, 0.15) is 0 Å². The molecule has 0 amide bonds. The molecule has 0 N–H and O–H groups in total. The fraction of sp³-hybridized carbons (Fsp3) is 0. The highest BCUT2D eigenvalue weighted by molar-refractivity contribution is 6.13. The molecule has 0 aliphatic heterocycles. The van der Waals surface area contributed by atoms with E-state index in [-0.39, 0.29) is 0 Å². The van der Waals surface area contributed by atoms with Gasteiger partial charge in [-0.15, -0.1) is 0 Å². The van der Waals surface area contributed by atoms with Crippen LogP contribution in [0, 0.1) is 0 Å². The lowest BCUT2D eigenvalue weighted by Gasteiger charge is -2.17.